The van der Waals surface area contributed by atoms with Crippen LogP contribution >= 0.6 is 0 Å². The van der Waals surface area contributed by atoms with Crippen molar-refractivity contribution >= 4 is 17.5 Å². The lowest BCUT2D eigenvalue weighted by Crippen LogP contribution is -2.35. The molecule has 27 heavy (non-hydrogen) atoms. The van der Waals surface area contributed by atoms with E-state index in [2.05, 4.69) is 4.90 Å². The molecule has 1 heterocycles. The molecule has 1 aliphatic rings. The number of nitrogens with zero attached hydrogens (tertiary/aromatic N) is 2. The molecule has 0 amide bonds. The molecule has 0 saturated carbocycles. The number of nitro benzene ring substituents is 1. The number of ether oxygens (including phenoxy) is 1. The minimum Gasteiger partial charge on any atom is -0.500 e. The Bertz CT molecular complexity index is 893. The Morgan fingerprint density at radius 2 is 2.04 bits per heavy atom. The number of Topliss-reactive ketones (excluding diaryl/α,β-unsaturated/α-hetero) is 1. The molecule has 2 aromatic rings. The lowest BCUT2D eigenvalue weighted by molar-refractivity contribution is -0.386. The van der Waals surface area contributed by atoms with Crippen molar-refractivity contribution in [2.45, 2.75) is 13.0 Å². The summed E-state index contributed by atoms with van der Waals surface area (Å²) >= 11 is 0. The summed E-state index contributed by atoms with van der Waals surface area (Å²) in [6, 6.07) is 12.7. The Kier molecular flexibility index (Phi) is 5.52. The van der Waals surface area contributed by atoms with Crippen LogP contribution in [0.25, 0.3) is 6.08 Å². The van der Waals surface area contributed by atoms with Gasteiger partial charge in [-0.3, -0.25) is 19.8 Å². The fraction of sp³-hybridized carbons (Fsp3) is 0.250. The van der Waals surface area contributed by atoms with Gasteiger partial charge in [-0.25, -0.2) is 0 Å². The number of piperidine rings is 1. The van der Waals surface area contributed by atoms with Gasteiger partial charge in [0.15, 0.2) is 11.5 Å². The van der Waals surface area contributed by atoms with Gasteiger partial charge in [-0.05, 0) is 23.3 Å². The third-order valence-corrected chi connectivity index (χ3v) is 4.49. The van der Waals surface area contributed by atoms with Gasteiger partial charge in [0.05, 0.1) is 12.0 Å². The van der Waals surface area contributed by atoms with Crippen molar-refractivity contribution in [3.8, 4) is 11.5 Å². The van der Waals surface area contributed by atoms with Crippen molar-refractivity contribution in [2.75, 3.05) is 20.2 Å². The molecule has 3 rings (SSSR count). The van der Waals surface area contributed by atoms with E-state index in [0.29, 0.717) is 30.6 Å². The maximum absolute atomic E-state index is 12.3. The van der Waals surface area contributed by atoms with Gasteiger partial charge in [0, 0.05) is 37.7 Å². The number of ketones is 1. The lowest BCUT2D eigenvalue weighted by Gasteiger charge is -2.27. The number of benzene rings is 2. The molecule has 0 aliphatic carbocycles. The van der Waals surface area contributed by atoms with E-state index in [0.717, 1.165) is 12.1 Å². The van der Waals surface area contributed by atoms with Gasteiger partial charge in [0.25, 0.3) is 0 Å². The van der Waals surface area contributed by atoms with Crippen LogP contribution in [0.1, 0.15) is 17.5 Å². The quantitative estimate of drug-likeness (QED) is 0.495. The molecule has 140 valence electrons. The highest BCUT2D eigenvalue weighted by Crippen LogP contribution is 2.37. The van der Waals surface area contributed by atoms with Crippen LogP contribution in [0.15, 0.2) is 48.0 Å². The van der Waals surface area contributed by atoms with Gasteiger partial charge < -0.3 is 9.84 Å². The first kappa shape index (κ1) is 18.6. The van der Waals surface area contributed by atoms with Gasteiger partial charge in [0.1, 0.15) is 0 Å². The zero-order chi connectivity index (χ0) is 19.4. The number of phenols is 1. The number of hydrogen-bond acceptors (Lipinski definition) is 6. The molecule has 2 aromatic carbocycles. The van der Waals surface area contributed by atoms with E-state index in [1.165, 1.54) is 19.2 Å². The maximum Gasteiger partial charge on any atom is 0.315 e. The molecule has 7 heteroatoms. The van der Waals surface area contributed by atoms with Crippen LogP contribution in [0.3, 0.4) is 0 Å². The smallest absolute Gasteiger partial charge is 0.315 e. The molecule has 1 aliphatic heterocycles. The molecular formula is C20H20N2O5. The van der Waals surface area contributed by atoms with Gasteiger partial charge in [-0.2, -0.15) is 0 Å². The topological polar surface area (TPSA) is 92.9 Å². The molecule has 0 radical (unpaired) electrons. The summed E-state index contributed by atoms with van der Waals surface area (Å²) in [7, 11) is 1.32. The SMILES string of the molecule is COc1cc(/C=C2\CN(Cc3ccccc3)CCC2=O)cc([N+](=O)[O-])c1O. The molecule has 0 bridgehead atoms. The summed E-state index contributed by atoms with van der Waals surface area (Å²) in [5.41, 5.74) is 1.74. The third-order valence-electron chi connectivity index (χ3n) is 4.49. The number of methoxy groups -OCH3 is 1. The number of carbonyl (C=O) groups is 1. The van der Waals surface area contributed by atoms with Gasteiger partial charge in [0.2, 0.25) is 5.75 Å². The number of likely N-dealkylation sites (tertiary alicyclic amines) is 1. The van der Waals surface area contributed by atoms with E-state index >= 15 is 0 Å². The zero-order valence-electron chi connectivity index (χ0n) is 14.9. The van der Waals surface area contributed by atoms with Crippen molar-refractivity contribution in [1.82, 2.24) is 4.90 Å². The highest BCUT2D eigenvalue weighted by atomic mass is 16.6. The molecule has 0 spiro atoms. The van der Waals surface area contributed by atoms with E-state index < -0.39 is 16.4 Å². The number of nitro groups is 1. The highest BCUT2D eigenvalue weighted by Gasteiger charge is 2.23. The largest absolute Gasteiger partial charge is 0.500 e. The Morgan fingerprint density at radius 3 is 2.70 bits per heavy atom. The average molecular weight is 368 g/mol. The van der Waals surface area contributed by atoms with Crippen LogP contribution in [-0.4, -0.2) is 40.9 Å². The van der Waals surface area contributed by atoms with Gasteiger partial charge in [-0.1, -0.05) is 30.3 Å². The Balaban J connectivity index is 1.87. The molecular weight excluding hydrogens is 348 g/mol. The summed E-state index contributed by atoms with van der Waals surface area (Å²) in [5.74, 6) is -0.500. The standard InChI is InChI=1S/C20H20N2O5/c1-27-19-11-15(10-17(20(19)24)22(25)26)9-16-13-21(8-7-18(16)23)12-14-5-3-2-4-6-14/h2-6,9-11,24H,7-8,12-13H2,1H3/b16-9+. The van der Waals surface area contributed by atoms with Crippen LogP contribution in [-0.2, 0) is 11.3 Å². The first-order valence-corrected chi connectivity index (χ1v) is 8.53. The van der Waals surface area contributed by atoms with E-state index in [4.69, 9.17) is 4.74 Å². The predicted molar refractivity (Wildman–Crippen MR) is 101 cm³/mol. The Labute approximate surface area is 156 Å². The summed E-state index contributed by atoms with van der Waals surface area (Å²) in [4.78, 5) is 25.0. The third kappa shape index (κ3) is 4.32. The van der Waals surface area contributed by atoms with Crippen LogP contribution < -0.4 is 4.74 Å². The molecule has 1 N–H and O–H groups in total. The molecule has 0 atom stereocenters. The number of carbonyl (C=O) groups excluding carboxylic acids is 1. The second kappa shape index (κ2) is 8.01. The number of phenolic OH excluding ortho intramolecular Hbond substituents is 1. The van der Waals surface area contributed by atoms with Crippen LogP contribution in [0.4, 0.5) is 5.69 Å². The van der Waals surface area contributed by atoms with Crippen LogP contribution in [0.5, 0.6) is 11.5 Å². The van der Waals surface area contributed by atoms with Crippen LogP contribution in [0, 0.1) is 10.1 Å². The maximum atomic E-state index is 12.3. The first-order chi connectivity index (χ1) is 13.0. The highest BCUT2D eigenvalue weighted by molar-refractivity contribution is 6.00. The molecule has 0 aromatic heterocycles. The molecule has 1 saturated heterocycles. The minimum absolute atomic E-state index is 0.000417. The number of aromatic hydroxyl groups is 1. The van der Waals surface area contributed by atoms with Gasteiger partial charge in [-0.15, -0.1) is 0 Å². The molecule has 0 unspecified atom stereocenters. The first-order valence-electron chi connectivity index (χ1n) is 8.53. The molecule has 1 fully saturated rings. The number of rotatable bonds is 5. The summed E-state index contributed by atoms with van der Waals surface area (Å²) < 4.78 is 5.01. The van der Waals surface area contributed by atoms with E-state index in [1.54, 1.807) is 6.08 Å². The van der Waals surface area contributed by atoms with Gasteiger partial charge >= 0.3 is 5.69 Å². The predicted octanol–water partition coefficient (Wildman–Crippen LogP) is 3.17. The summed E-state index contributed by atoms with van der Waals surface area (Å²) in [6.45, 7) is 1.86. The Morgan fingerprint density at radius 1 is 1.30 bits per heavy atom. The summed E-state index contributed by atoms with van der Waals surface area (Å²) in [5, 5.41) is 21.0. The van der Waals surface area contributed by atoms with Crippen molar-refractivity contribution in [3.05, 3.63) is 69.3 Å². The average Bonchev–Trinajstić information content (AvgIpc) is 2.66. The fourth-order valence-corrected chi connectivity index (χ4v) is 3.12. The van der Waals surface area contributed by atoms with Crippen molar-refractivity contribution in [2.24, 2.45) is 0 Å². The van der Waals surface area contributed by atoms with E-state index in [9.17, 15) is 20.0 Å². The zero-order valence-corrected chi connectivity index (χ0v) is 14.9. The minimum atomic E-state index is -0.676. The van der Waals surface area contributed by atoms with Crippen molar-refractivity contribution < 1.29 is 19.6 Å². The van der Waals surface area contributed by atoms with E-state index in [-0.39, 0.29) is 11.5 Å². The fourth-order valence-electron chi connectivity index (χ4n) is 3.12. The second-order valence-corrected chi connectivity index (χ2v) is 6.39. The van der Waals surface area contributed by atoms with Crippen molar-refractivity contribution in [3.63, 3.8) is 0 Å². The second-order valence-electron chi connectivity index (χ2n) is 6.39. The van der Waals surface area contributed by atoms with Crippen LogP contribution in [0.2, 0.25) is 0 Å². The monoisotopic (exact) mass is 368 g/mol. The lowest BCUT2D eigenvalue weighted by atomic mass is 9.99. The number of hydrogen-bond donors (Lipinski definition) is 1. The normalized spacial score (nSPS) is 16.5. The molecule has 7 nitrogen and oxygen atoms in total. The van der Waals surface area contributed by atoms with E-state index in [1.807, 2.05) is 30.3 Å². The summed E-state index contributed by atoms with van der Waals surface area (Å²) in [6.07, 6.45) is 2.03. The Hall–Kier alpha value is -3.19. The van der Waals surface area contributed by atoms with Crippen molar-refractivity contribution in [1.29, 1.82) is 0 Å².